The molecule has 0 N–H and O–H groups in total. The molecule has 0 fully saturated rings. The molecule has 0 unspecified atom stereocenters. The summed E-state index contributed by atoms with van der Waals surface area (Å²) in [7, 11) is 0. The van der Waals surface area contributed by atoms with Gasteiger partial charge >= 0.3 is 12.1 Å². The molecule has 2 heterocycles. The minimum absolute atomic E-state index is 0.0195. The van der Waals surface area contributed by atoms with Crippen molar-refractivity contribution < 1.29 is 27.4 Å². The molecule has 1 aliphatic heterocycles. The lowest BCUT2D eigenvalue weighted by atomic mass is 9.95. The molecule has 0 saturated carbocycles. The molecule has 0 radical (unpaired) electrons. The first-order valence-corrected chi connectivity index (χ1v) is 15.5. The highest BCUT2D eigenvalue weighted by molar-refractivity contribution is 9.10. The lowest BCUT2D eigenvalue weighted by molar-refractivity contribution is -0.140. The van der Waals surface area contributed by atoms with Gasteiger partial charge in [0.1, 0.15) is 12.4 Å². The summed E-state index contributed by atoms with van der Waals surface area (Å²) in [5.41, 5.74) is -1.67. The fraction of sp³-hybridized carbons (Fsp3) is 0.167. The smallest absolute Gasteiger partial charge is 0.434 e. The Balaban J connectivity index is 1.72. The van der Waals surface area contributed by atoms with Gasteiger partial charge in [-0.1, -0.05) is 76.5 Å². The predicted octanol–water partition coefficient (Wildman–Crippen LogP) is 7.64. The Morgan fingerprint density at radius 1 is 1.09 bits per heavy atom. The average Bonchev–Trinajstić information content (AvgIpc) is 3.27. The Morgan fingerprint density at radius 2 is 1.80 bits per heavy atom. The van der Waals surface area contributed by atoms with E-state index in [0.717, 1.165) is 15.9 Å². The number of carbonyl (C=O) groups is 1. The van der Waals surface area contributed by atoms with E-state index in [1.807, 2.05) is 0 Å². The number of carbonyl (C=O) groups excluding carboxylic acids is 1. The van der Waals surface area contributed by atoms with Crippen molar-refractivity contribution in [2.24, 2.45) is 4.99 Å². The number of hydrogen-bond donors (Lipinski definition) is 0. The van der Waals surface area contributed by atoms with Crippen LogP contribution in [0.3, 0.4) is 0 Å². The zero-order valence-corrected chi connectivity index (χ0v) is 27.1. The van der Waals surface area contributed by atoms with Crippen molar-refractivity contribution in [3.8, 4) is 5.75 Å². The summed E-state index contributed by atoms with van der Waals surface area (Å²) >= 11 is 22.8. The molecule has 228 valence electrons. The maximum atomic E-state index is 14.4. The average molecular weight is 747 g/mol. The number of aromatic nitrogens is 1. The van der Waals surface area contributed by atoms with Crippen molar-refractivity contribution in [3.05, 3.63) is 128 Å². The molecule has 0 bridgehead atoms. The number of ether oxygens (including phenoxy) is 2. The second-order valence-electron chi connectivity index (χ2n) is 9.30. The molecule has 4 aromatic rings. The van der Waals surface area contributed by atoms with Gasteiger partial charge in [0, 0.05) is 26.2 Å². The SMILES string of the molecule is CCOC(=O)C1=C(C(F)(F)F)N=c2s/c(=C\c3cc(Cl)cc(Br)c3OCc3ccccc3Cl)c(=O)n2[C@H]1c1ccc(Cl)cc1. The third-order valence-electron chi connectivity index (χ3n) is 6.43. The summed E-state index contributed by atoms with van der Waals surface area (Å²) in [5, 5.41) is 1.12. The maximum Gasteiger partial charge on any atom is 0.434 e. The third-order valence-corrected chi connectivity index (χ3v) is 8.85. The molecule has 5 rings (SSSR count). The van der Waals surface area contributed by atoms with Crippen LogP contribution in [0.5, 0.6) is 5.75 Å². The normalized spacial score (nSPS) is 15.2. The monoisotopic (exact) mass is 744 g/mol. The molecule has 0 spiro atoms. The van der Waals surface area contributed by atoms with Crippen molar-refractivity contribution in [2.45, 2.75) is 25.7 Å². The summed E-state index contributed by atoms with van der Waals surface area (Å²) in [4.78, 5) is 30.5. The highest BCUT2D eigenvalue weighted by atomic mass is 79.9. The van der Waals surface area contributed by atoms with Gasteiger partial charge in [-0.15, -0.1) is 0 Å². The quantitative estimate of drug-likeness (QED) is 0.183. The Morgan fingerprint density at radius 3 is 2.45 bits per heavy atom. The number of esters is 1. The highest BCUT2D eigenvalue weighted by Crippen LogP contribution is 2.39. The molecule has 0 aliphatic carbocycles. The number of allylic oxidation sites excluding steroid dienone is 1. The van der Waals surface area contributed by atoms with Crippen LogP contribution in [0.1, 0.15) is 29.7 Å². The van der Waals surface area contributed by atoms with Gasteiger partial charge in [0.05, 0.1) is 27.2 Å². The topological polar surface area (TPSA) is 69.9 Å². The number of rotatable bonds is 7. The van der Waals surface area contributed by atoms with Crippen LogP contribution in [0.25, 0.3) is 6.08 Å². The van der Waals surface area contributed by atoms with Crippen LogP contribution >= 0.6 is 62.1 Å². The lowest BCUT2D eigenvalue weighted by Gasteiger charge is -2.26. The largest absolute Gasteiger partial charge is 0.487 e. The van der Waals surface area contributed by atoms with E-state index >= 15 is 0 Å². The summed E-state index contributed by atoms with van der Waals surface area (Å²) in [6, 6.07) is 14.5. The summed E-state index contributed by atoms with van der Waals surface area (Å²) in [5.74, 6) is -0.926. The van der Waals surface area contributed by atoms with Crippen LogP contribution in [0.2, 0.25) is 15.1 Å². The van der Waals surface area contributed by atoms with Gasteiger partial charge < -0.3 is 9.47 Å². The van der Waals surface area contributed by atoms with Crippen molar-refractivity contribution in [2.75, 3.05) is 6.61 Å². The van der Waals surface area contributed by atoms with Crippen LogP contribution < -0.4 is 19.6 Å². The minimum Gasteiger partial charge on any atom is -0.487 e. The maximum absolute atomic E-state index is 14.4. The van der Waals surface area contributed by atoms with Crippen molar-refractivity contribution in [1.82, 2.24) is 4.57 Å². The fourth-order valence-electron chi connectivity index (χ4n) is 4.55. The number of hydrogen-bond acceptors (Lipinski definition) is 6. The molecule has 3 aromatic carbocycles. The number of halogens is 7. The number of thiazole rings is 1. The Kier molecular flexibility index (Phi) is 9.62. The summed E-state index contributed by atoms with van der Waals surface area (Å²) in [6.45, 7) is 1.36. The van der Waals surface area contributed by atoms with Gasteiger partial charge in [-0.2, -0.15) is 13.2 Å². The molecule has 1 atom stereocenters. The second-order valence-corrected chi connectivity index (χ2v) is 12.4. The lowest BCUT2D eigenvalue weighted by Crippen LogP contribution is -2.41. The van der Waals surface area contributed by atoms with Crippen LogP contribution in [0.15, 0.2) is 86.2 Å². The predicted molar refractivity (Wildman–Crippen MR) is 167 cm³/mol. The fourth-order valence-corrected chi connectivity index (χ4v) is 6.80. The third kappa shape index (κ3) is 6.62. The zero-order chi connectivity index (χ0) is 31.8. The van der Waals surface area contributed by atoms with Crippen LogP contribution in [-0.4, -0.2) is 23.3 Å². The van der Waals surface area contributed by atoms with Crippen molar-refractivity contribution in [3.63, 3.8) is 0 Å². The minimum atomic E-state index is -5.03. The summed E-state index contributed by atoms with van der Waals surface area (Å²) in [6.07, 6.45) is -3.58. The molecule has 6 nitrogen and oxygen atoms in total. The van der Waals surface area contributed by atoms with E-state index < -0.39 is 35.0 Å². The van der Waals surface area contributed by atoms with Gasteiger partial charge in [-0.25, -0.2) is 9.79 Å². The number of alkyl halides is 3. The molecule has 0 amide bonds. The van der Waals surface area contributed by atoms with E-state index in [1.54, 1.807) is 36.4 Å². The first-order valence-electron chi connectivity index (χ1n) is 12.8. The molecule has 14 heteroatoms. The van der Waals surface area contributed by atoms with Gasteiger partial charge in [-0.3, -0.25) is 9.36 Å². The second kappa shape index (κ2) is 13.1. The molecule has 0 saturated heterocycles. The molecule has 1 aliphatic rings. The van der Waals surface area contributed by atoms with Crippen LogP contribution in [0.4, 0.5) is 13.2 Å². The van der Waals surface area contributed by atoms with Crippen molar-refractivity contribution >= 4 is 74.1 Å². The standard InChI is InChI=1S/C30H19BrCl3F3N2O4S/c1-2-42-28(41)23-24(15-7-9-18(32)10-8-15)39-27(40)22(44-29(39)38-26(23)30(35,36)37)12-17-11-19(33)13-20(31)25(17)43-14-16-5-3-4-6-21(16)34/h3-13,24H,2,14H2,1H3/b22-12-/t24-/m0/s1. The van der Waals surface area contributed by atoms with Gasteiger partial charge in [-0.05, 0) is 64.8 Å². The first-order chi connectivity index (χ1) is 20.9. The van der Waals surface area contributed by atoms with E-state index in [9.17, 15) is 22.8 Å². The van der Waals surface area contributed by atoms with Crippen LogP contribution in [-0.2, 0) is 16.1 Å². The first kappa shape index (κ1) is 32.3. The summed E-state index contributed by atoms with van der Waals surface area (Å²) < 4.78 is 55.7. The van der Waals surface area contributed by atoms with E-state index in [-0.39, 0.29) is 28.1 Å². The molecular weight excluding hydrogens is 728 g/mol. The number of fused-ring (bicyclic) bond motifs is 1. The van der Waals surface area contributed by atoms with E-state index in [2.05, 4.69) is 20.9 Å². The molecule has 1 aromatic heterocycles. The van der Waals surface area contributed by atoms with E-state index in [4.69, 9.17) is 44.3 Å². The Bertz CT molecular complexity index is 1980. The Labute approximate surface area is 275 Å². The number of benzene rings is 3. The van der Waals surface area contributed by atoms with Gasteiger partial charge in [0.2, 0.25) is 0 Å². The molecule has 44 heavy (non-hydrogen) atoms. The highest BCUT2D eigenvalue weighted by Gasteiger charge is 2.45. The zero-order valence-electron chi connectivity index (χ0n) is 22.4. The van der Waals surface area contributed by atoms with Gasteiger partial charge in [0.15, 0.2) is 10.5 Å². The van der Waals surface area contributed by atoms with Crippen LogP contribution in [0, 0.1) is 0 Å². The molecular formula is C30H19BrCl3F3N2O4S. The van der Waals surface area contributed by atoms with E-state index in [0.29, 0.717) is 36.4 Å². The van der Waals surface area contributed by atoms with Gasteiger partial charge in [0.25, 0.3) is 5.56 Å². The number of nitrogens with zero attached hydrogens (tertiary/aromatic N) is 2. The van der Waals surface area contributed by atoms with Crippen molar-refractivity contribution in [1.29, 1.82) is 0 Å². The van der Waals surface area contributed by atoms with E-state index in [1.165, 1.54) is 37.3 Å². The Hall–Kier alpha value is -3.09.